The van der Waals surface area contributed by atoms with Crippen LogP contribution in [0.3, 0.4) is 0 Å². The third-order valence-electron chi connectivity index (χ3n) is 18.3. The maximum absolute atomic E-state index is 13.0. The summed E-state index contributed by atoms with van der Waals surface area (Å²) in [5, 5.41) is 11.9. The summed E-state index contributed by atoms with van der Waals surface area (Å²) in [6, 6.07) is 0. The van der Waals surface area contributed by atoms with Crippen molar-refractivity contribution in [1.29, 1.82) is 0 Å². The van der Waals surface area contributed by atoms with Crippen molar-refractivity contribution in [3.05, 3.63) is 158 Å². The summed E-state index contributed by atoms with van der Waals surface area (Å²) in [7, 11) is 5.94. The summed E-state index contributed by atoms with van der Waals surface area (Å²) in [5.74, 6) is -2.28. The number of hydrogen-bond acceptors (Lipinski definition) is 8. The average molecular weight is 1430 g/mol. The van der Waals surface area contributed by atoms with Gasteiger partial charge in [0.2, 0.25) is 0 Å². The van der Waals surface area contributed by atoms with E-state index in [9.17, 15) is 19.5 Å². The molecule has 0 amide bonds. The lowest BCUT2D eigenvalue weighted by Crippen LogP contribution is -2.44. The predicted molar refractivity (Wildman–Crippen MR) is 444 cm³/mol. The summed E-state index contributed by atoms with van der Waals surface area (Å²) in [4.78, 5) is 37.7. The summed E-state index contributed by atoms with van der Waals surface area (Å²) in [6.45, 7) is 4.55. The number of carbonyl (C=O) groups excluding carboxylic acids is 3. The Hall–Kier alpha value is -5.09. The predicted octanol–water partition coefficient (Wildman–Crippen LogP) is 26.6. The van der Waals surface area contributed by atoms with Gasteiger partial charge in [-0.15, -0.1) is 0 Å². The van der Waals surface area contributed by atoms with Crippen molar-refractivity contribution in [3.63, 3.8) is 0 Å². The van der Waals surface area contributed by atoms with Crippen LogP contribution in [-0.2, 0) is 33.3 Å². The smallest absolute Gasteiger partial charge is 0.306 e. The molecule has 0 aliphatic heterocycles. The maximum atomic E-state index is 13.0. The average Bonchev–Trinajstić information content (AvgIpc) is 0.985. The first-order chi connectivity index (χ1) is 50.6. The van der Waals surface area contributed by atoms with Crippen LogP contribution in [-0.4, -0.2) is 82.3 Å². The lowest BCUT2D eigenvalue weighted by atomic mass is 10.0. The number of nitrogens with zero attached hydrogens (tertiary/aromatic N) is 1. The topological polar surface area (TPSA) is 111 Å². The van der Waals surface area contributed by atoms with Gasteiger partial charge in [-0.2, -0.15) is 0 Å². The Morgan fingerprint density at radius 3 is 0.777 bits per heavy atom. The molecule has 9 nitrogen and oxygen atoms in total. The first-order valence-electron chi connectivity index (χ1n) is 42.6. The molecule has 0 aliphatic rings. The van der Waals surface area contributed by atoms with E-state index in [2.05, 4.69) is 172 Å². The van der Waals surface area contributed by atoms with Crippen LogP contribution in [0.25, 0.3) is 0 Å². The van der Waals surface area contributed by atoms with Crippen LogP contribution in [0.4, 0.5) is 0 Å². The summed E-state index contributed by atoms with van der Waals surface area (Å²) in [6.07, 6.45) is 120. The van der Waals surface area contributed by atoms with Crippen molar-refractivity contribution in [2.45, 2.75) is 373 Å². The molecular weight excluding hydrogens is 1270 g/mol. The molecule has 0 N–H and O–H groups in total. The van der Waals surface area contributed by atoms with E-state index in [-0.39, 0.29) is 38.6 Å². The molecule has 0 radical (unpaired) electrons. The number of aliphatic carboxylic acids is 1. The van der Waals surface area contributed by atoms with E-state index in [0.717, 1.165) is 128 Å². The van der Waals surface area contributed by atoms with Crippen molar-refractivity contribution < 1.29 is 42.9 Å². The van der Waals surface area contributed by atoms with Crippen molar-refractivity contribution in [2.75, 3.05) is 47.5 Å². The van der Waals surface area contributed by atoms with Crippen molar-refractivity contribution in [2.24, 2.45) is 0 Å². The van der Waals surface area contributed by atoms with Gasteiger partial charge in [0.05, 0.1) is 40.3 Å². The second-order valence-electron chi connectivity index (χ2n) is 29.4. The zero-order chi connectivity index (χ0) is 74.6. The minimum Gasteiger partial charge on any atom is -0.545 e. The molecule has 103 heavy (non-hydrogen) atoms. The van der Waals surface area contributed by atoms with E-state index < -0.39 is 24.3 Å². The molecule has 0 fully saturated rings. The van der Waals surface area contributed by atoms with Crippen LogP contribution in [0, 0.1) is 0 Å². The number of quaternary nitrogens is 1. The molecule has 0 aromatic rings. The normalized spacial score (nSPS) is 13.4. The van der Waals surface area contributed by atoms with Crippen molar-refractivity contribution in [3.8, 4) is 0 Å². The number of carboxylic acid groups (broad SMARTS) is 1. The number of carboxylic acids is 1. The number of esters is 2. The molecule has 0 heterocycles. The lowest BCUT2D eigenvalue weighted by Gasteiger charge is -2.26. The third-order valence-corrected chi connectivity index (χ3v) is 18.3. The zero-order valence-electron chi connectivity index (χ0n) is 67.4. The van der Waals surface area contributed by atoms with Gasteiger partial charge in [0.25, 0.3) is 0 Å². The van der Waals surface area contributed by atoms with E-state index in [1.165, 1.54) is 199 Å². The Kier molecular flexibility index (Phi) is 78.5. The highest BCUT2D eigenvalue weighted by Crippen LogP contribution is 2.19. The Labute approximate surface area is 635 Å². The fourth-order valence-corrected chi connectivity index (χ4v) is 11.9. The zero-order valence-corrected chi connectivity index (χ0v) is 67.4. The highest BCUT2D eigenvalue weighted by Gasteiger charge is 2.22. The Morgan fingerprint density at radius 2 is 0.524 bits per heavy atom. The van der Waals surface area contributed by atoms with E-state index in [1.54, 1.807) is 0 Å². The molecule has 0 aromatic heterocycles. The molecule has 2 unspecified atom stereocenters. The van der Waals surface area contributed by atoms with Gasteiger partial charge in [0.15, 0.2) is 12.4 Å². The second kappa shape index (κ2) is 82.6. The second-order valence-corrected chi connectivity index (χ2v) is 29.4. The van der Waals surface area contributed by atoms with E-state index in [0.29, 0.717) is 17.4 Å². The van der Waals surface area contributed by atoms with Gasteiger partial charge in [0.1, 0.15) is 13.2 Å². The fourth-order valence-electron chi connectivity index (χ4n) is 11.9. The monoisotopic (exact) mass is 1430 g/mol. The maximum Gasteiger partial charge on any atom is 0.306 e. The number of carbonyl (C=O) groups is 3. The standard InChI is InChI=1S/C94H159NO8/c1-6-8-10-12-14-16-18-20-22-24-26-28-30-32-34-36-38-40-42-44-46-48-50-52-54-56-58-60-62-64-66-68-70-72-74-76-78-80-82-84-91(96)101-88-90(89-102-94(93(98)99)100-87-86-95(3,4)5)103-92(97)85-83-81-79-77-75-73-71-69-67-65-63-61-59-57-55-53-51-49-47-45-43-41-39-37-35-33-31-29-27-25-23-21-19-17-15-13-11-9-7-2/h8-11,14-17,20-23,26-29,33,35,39,41,45,47,51,53,57,59,90,94H,6-7,12-13,18-19,24-25,30-32,34,36-38,40,42-44,46,48-50,52,54-56,58,60-89H2,1-5H3/b10-8-,11-9-,16-14-,17-15-,22-20-,23-21-,28-26-,29-27-,35-33-,41-39-,47-45-,53-51-,59-57-. The van der Waals surface area contributed by atoms with Gasteiger partial charge in [-0.25, -0.2) is 0 Å². The first kappa shape index (κ1) is 97.9. The van der Waals surface area contributed by atoms with Gasteiger partial charge in [-0.05, 0) is 122 Å². The molecule has 0 rings (SSSR count). The number of unbranched alkanes of at least 4 members (excludes halogenated alkanes) is 37. The van der Waals surface area contributed by atoms with E-state index >= 15 is 0 Å². The molecular formula is C94H159NO8. The number of allylic oxidation sites excluding steroid dienone is 26. The van der Waals surface area contributed by atoms with E-state index in [1.807, 2.05) is 21.1 Å². The van der Waals surface area contributed by atoms with Gasteiger partial charge in [0, 0.05) is 12.8 Å². The summed E-state index contributed by atoms with van der Waals surface area (Å²) < 4.78 is 22.9. The minimum atomic E-state index is -1.63. The van der Waals surface area contributed by atoms with Gasteiger partial charge in [-0.3, -0.25) is 9.59 Å². The molecule has 0 saturated carbocycles. The van der Waals surface area contributed by atoms with Crippen molar-refractivity contribution >= 4 is 17.9 Å². The Balaban J connectivity index is 4.01. The van der Waals surface area contributed by atoms with Gasteiger partial charge >= 0.3 is 11.9 Å². The number of likely N-dealkylation sites (N-methyl/N-ethyl adjacent to an activating group) is 1. The minimum absolute atomic E-state index is 0.143. The van der Waals surface area contributed by atoms with Crippen LogP contribution in [0.1, 0.15) is 361 Å². The number of ether oxygens (including phenoxy) is 4. The fraction of sp³-hybridized carbons (Fsp3) is 0.691. The first-order valence-corrected chi connectivity index (χ1v) is 42.6. The van der Waals surface area contributed by atoms with E-state index in [4.69, 9.17) is 18.9 Å². The lowest BCUT2D eigenvalue weighted by molar-refractivity contribution is -0.870. The molecule has 2 atom stereocenters. The van der Waals surface area contributed by atoms with Crippen molar-refractivity contribution in [1.82, 2.24) is 0 Å². The SMILES string of the molecule is CC/C=C\C/C=C\C/C=C\C/C=C\C/C=C\C/C=C\C/C=C\C/C=C\C/C=C\CCCCCCCCCCCCCC(=O)OC(COC(=O)CCCCCCCCCCCCCCCCCCCCCCCCCCCC/C=C\C/C=C\C/C=C\C/C=C\CC)COC(OCC[N+](C)(C)C)C(=O)[O-]. The van der Waals surface area contributed by atoms with Crippen LogP contribution < -0.4 is 5.11 Å². The molecule has 0 aliphatic carbocycles. The van der Waals surface area contributed by atoms with Gasteiger partial charge < -0.3 is 33.3 Å². The number of hydrogen-bond donors (Lipinski definition) is 0. The summed E-state index contributed by atoms with van der Waals surface area (Å²) in [5.41, 5.74) is 0. The highest BCUT2D eigenvalue weighted by molar-refractivity contribution is 5.70. The molecule has 0 saturated heterocycles. The third kappa shape index (κ3) is 84.1. The van der Waals surface area contributed by atoms with Gasteiger partial charge in [-0.1, -0.05) is 384 Å². The van der Waals surface area contributed by atoms with Crippen LogP contribution in [0.2, 0.25) is 0 Å². The van der Waals surface area contributed by atoms with Crippen LogP contribution in [0.5, 0.6) is 0 Å². The Morgan fingerprint density at radius 1 is 0.291 bits per heavy atom. The molecule has 588 valence electrons. The Bertz CT molecular complexity index is 2270. The van der Waals surface area contributed by atoms with Crippen LogP contribution >= 0.6 is 0 Å². The molecule has 0 bridgehead atoms. The van der Waals surface area contributed by atoms with Crippen LogP contribution in [0.15, 0.2) is 158 Å². The quantitative estimate of drug-likeness (QED) is 0.0195. The largest absolute Gasteiger partial charge is 0.545 e. The molecule has 0 aromatic carbocycles. The summed E-state index contributed by atoms with van der Waals surface area (Å²) >= 11 is 0. The number of rotatable bonds is 78. The molecule has 9 heteroatoms. The highest BCUT2D eigenvalue weighted by atomic mass is 16.7. The molecule has 0 spiro atoms.